The van der Waals surface area contributed by atoms with E-state index in [-0.39, 0.29) is 11.8 Å². The van der Waals surface area contributed by atoms with Crippen molar-refractivity contribution in [3.05, 3.63) is 28.2 Å². The van der Waals surface area contributed by atoms with Gasteiger partial charge in [-0.15, -0.1) is 0 Å². The molecule has 1 aromatic rings. The smallest absolute Gasteiger partial charge is 0.227 e. The quantitative estimate of drug-likeness (QED) is 0.786. The Labute approximate surface area is 124 Å². The second-order valence-electron chi connectivity index (χ2n) is 5.33. The Bertz CT molecular complexity index is 436. The fourth-order valence-corrected chi connectivity index (χ4v) is 3.16. The number of amides is 1. The fourth-order valence-electron chi connectivity index (χ4n) is 2.75. The third-order valence-electron chi connectivity index (χ3n) is 3.93. The highest BCUT2D eigenvalue weighted by Gasteiger charge is 2.20. The first-order valence-electron chi connectivity index (χ1n) is 7.30. The van der Waals surface area contributed by atoms with Crippen molar-refractivity contribution in [3.63, 3.8) is 0 Å². The van der Waals surface area contributed by atoms with E-state index >= 15 is 0 Å². The first kappa shape index (κ1) is 14.6. The van der Waals surface area contributed by atoms with Gasteiger partial charge in [0.2, 0.25) is 5.91 Å². The number of carbonyl (C=O) groups is 1. The number of halogens is 1. The van der Waals surface area contributed by atoms with Gasteiger partial charge in [-0.05, 0) is 43.0 Å². The molecule has 1 saturated carbocycles. The molecule has 0 aromatic heterocycles. The maximum atomic E-state index is 12.4. The third-order valence-corrected chi connectivity index (χ3v) is 4.43. The summed E-state index contributed by atoms with van der Waals surface area (Å²) in [6.07, 6.45) is 7.97. The van der Waals surface area contributed by atoms with Crippen LogP contribution in [0.1, 0.15) is 51.0 Å². The molecule has 1 aliphatic carbocycles. The van der Waals surface area contributed by atoms with Crippen LogP contribution < -0.4 is 5.32 Å². The van der Waals surface area contributed by atoms with Gasteiger partial charge in [0, 0.05) is 16.1 Å². The average Bonchev–Trinajstić information content (AvgIpc) is 2.69. The number of anilines is 1. The highest BCUT2D eigenvalue weighted by molar-refractivity contribution is 9.10. The summed E-state index contributed by atoms with van der Waals surface area (Å²) in [7, 11) is 0. The molecule has 1 amide bonds. The van der Waals surface area contributed by atoms with Crippen molar-refractivity contribution >= 4 is 27.5 Å². The number of hydrogen-bond donors (Lipinski definition) is 1. The van der Waals surface area contributed by atoms with Gasteiger partial charge in [0.25, 0.3) is 0 Å². The van der Waals surface area contributed by atoms with E-state index in [1.807, 2.05) is 12.1 Å². The molecule has 19 heavy (non-hydrogen) atoms. The maximum absolute atomic E-state index is 12.4. The summed E-state index contributed by atoms with van der Waals surface area (Å²) >= 11 is 3.48. The van der Waals surface area contributed by atoms with Crippen molar-refractivity contribution in [1.82, 2.24) is 0 Å². The summed E-state index contributed by atoms with van der Waals surface area (Å²) in [6.45, 7) is 2.11. The molecular formula is C16H22BrNO. The Morgan fingerprint density at radius 1 is 1.26 bits per heavy atom. The summed E-state index contributed by atoms with van der Waals surface area (Å²) in [6, 6.07) is 6.07. The van der Waals surface area contributed by atoms with Crippen LogP contribution in [0.2, 0.25) is 0 Å². The minimum Gasteiger partial charge on any atom is -0.326 e. The molecule has 0 spiro atoms. The van der Waals surface area contributed by atoms with Crippen LogP contribution in [0.5, 0.6) is 0 Å². The fraction of sp³-hybridized carbons (Fsp3) is 0.562. The van der Waals surface area contributed by atoms with Crippen LogP contribution >= 0.6 is 15.9 Å². The topological polar surface area (TPSA) is 29.1 Å². The zero-order valence-corrected chi connectivity index (χ0v) is 13.1. The molecule has 2 nitrogen and oxygen atoms in total. The van der Waals surface area contributed by atoms with Crippen LogP contribution in [0.4, 0.5) is 5.69 Å². The Hall–Kier alpha value is -0.830. The number of hydrogen-bond acceptors (Lipinski definition) is 1. The van der Waals surface area contributed by atoms with E-state index in [0.29, 0.717) is 0 Å². The lowest BCUT2D eigenvalue weighted by molar-refractivity contribution is -0.120. The maximum Gasteiger partial charge on any atom is 0.227 e. The lowest BCUT2D eigenvalue weighted by atomic mass is 9.99. The molecule has 3 heteroatoms. The molecule has 0 aliphatic heterocycles. The Balaban J connectivity index is 2.05. The molecule has 0 bridgehead atoms. The second-order valence-corrected chi connectivity index (χ2v) is 6.25. The SMILES string of the molecule is CCc1cc(Br)ccc1NC(=O)C1CCCCCC1. The third kappa shape index (κ3) is 4.07. The van der Waals surface area contributed by atoms with Crippen LogP contribution in [0, 0.1) is 5.92 Å². The van der Waals surface area contributed by atoms with Gasteiger partial charge >= 0.3 is 0 Å². The van der Waals surface area contributed by atoms with Crippen molar-refractivity contribution < 1.29 is 4.79 Å². The lowest BCUT2D eigenvalue weighted by Crippen LogP contribution is -2.23. The molecule has 0 heterocycles. The molecule has 0 atom stereocenters. The number of nitrogens with one attached hydrogen (secondary N) is 1. The molecule has 1 fully saturated rings. The van der Waals surface area contributed by atoms with Crippen LogP contribution in [-0.4, -0.2) is 5.91 Å². The summed E-state index contributed by atoms with van der Waals surface area (Å²) in [5, 5.41) is 3.13. The van der Waals surface area contributed by atoms with Gasteiger partial charge < -0.3 is 5.32 Å². The molecule has 1 aromatic carbocycles. The van der Waals surface area contributed by atoms with Crippen LogP contribution in [0.3, 0.4) is 0 Å². The Kier molecular flexibility index (Phi) is 5.44. The highest BCUT2D eigenvalue weighted by atomic mass is 79.9. The molecule has 0 saturated heterocycles. The van der Waals surface area contributed by atoms with Gasteiger partial charge in [-0.25, -0.2) is 0 Å². The van der Waals surface area contributed by atoms with Gasteiger partial charge in [0.15, 0.2) is 0 Å². The zero-order valence-electron chi connectivity index (χ0n) is 11.5. The van der Waals surface area contributed by atoms with E-state index in [2.05, 4.69) is 34.2 Å². The minimum atomic E-state index is 0.204. The van der Waals surface area contributed by atoms with Crippen LogP contribution in [0.25, 0.3) is 0 Å². The minimum absolute atomic E-state index is 0.204. The first-order chi connectivity index (χ1) is 9.20. The van der Waals surface area contributed by atoms with Crippen LogP contribution in [0.15, 0.2) is 22.7 Å². The van der Waals surface area contributed by atoms with E-state index in [4.69, 9.17) is 0 Å². The Morgan fingerprint density at radius 2 is 1.95 bits per heavy atom. The molecular weight excluding hydrogens is 302 g/mol. The monoisotopic (exact) mass is 323 g/mol. The van der Waals surface area contributed by atoms with Crippen LogP contribution in [-0.2, 0) is 11.2 Å². The van der Waals surface area contributed by atoms with E-state index in [9.17, 15) is 4.79 Å². The van der Waals surface area contributed by atoms with Gasteiger partial charge in [-0.3, -0.25) is 4.79 Å². The van der Waals surface area contributed by atoms with Gasteiger partial charge in [0.05, 0.1) is 0 Å². The summed E-state index contributed by atoms with van der Waals surface area (Å²) in [5.41, 5.74) is 2.16. The lowest BCUT2D eigenvalue weighted by Gasteiger charge is -2.16. The molecule has 1 aliphatic rings. The van der Waals surface area contributed by atoms with E-state index < -0.39 is 0 Å². The van der Waals surface area contributed by atoms with Crippen molar-refractivity contribution in [2.45, 2.75) is 51.9 Å². The number of carbonyl (C=O) groups excluding carboxylic acids is 1. The number of benzene rings is 1. The van der Waals surface area contributed by atoms with Gasteiger partial charge in [-0.2, -0.15) is 0 Å². The average molecular weight is 324 g/mol. The predicted octanol–water partition coefficient (Wildman–Crippen LogP) is 4.92. The second kappa shape index (κ2) is 7.09. The standard InChI is InChI=1S/C16H22BrNO/c1-2-12-11-14(17)9-10-15(12)18-16(19)13-7-5-3-4-6-8-13/h9-11,13H,2-8H2,1H3,(H,18,19). The summed E-state index contributed by atoms with van der Waals surface area (Å²) < 4.78 is 1.07. The summed E-state index contributed by atoms with van der Waals surface area (Å²) in [5.74, 6) is 0.412. The number of rotatable bonds is 3. The molecule has 0 unspecified atom stereocenters. The number of aryl methyl sites for hydroxylation is 1. The largest absolute Gasteiger partial charge is 0.326 e. The van der Waals surface area contributed by atoms with Gasteiger partial charge in [-0.1, -0.05) is 48.5 Å². The highest BCUT2D eigenvalue weighted by Crippen LogP contribution is 2.26. The first-order valence-corrected chi connectivity index (χ1v) is 8.09. The molecule has 1 N–H and O–H groups in total. The van der Waals surface area contributed by atoms with Crippen molar-refractivity contribution in [1.29, 1.82) is 0 Å². The summed E-state index contributed by atoms with van der Waals surface area (Å²) in [4.78, 5) is 12.4. The molecule has 0 radical (unpaired) electrons. The van der Waals surface area contributed by atoms with Crippen molar-refractivity contribution in [2.24, 2.45) is 5.92 Å². The van der Waals surface area contributed by atoms with Gasteiger partial charge in [0.1, 0.15) is 0 Å². The molecule has 104 valence electrons. The van der Waals surface area contributed by atoms with E-state index in [0.717, 1.165) is 29.4 Å². The Morgan fingerprint density at radius 3 is 2.58 bits per heavy atom. The zero-order chi connectivity index (χ0) is 13.7. The van der Waals surface area contributed by atoms with Crippen molar-refractivity contribution in [3.8, 4) is 0 Å². The molecule has 2 rings (SSSR count). The van der Waals surface area contributed by atoms with Crippen molar-refractivity contribution in [2.75, 3.05) is 5.32 Å². The van der Waals surface area contributed by atoms with E-state index in [1.165, 1.54) is 31.2 Å². The van der Waals surface area contributed by atoms with E-state index in [1.54, 1.807) is 0 Å². The normalized spacial score (nSPS) is 16.9. The predicted molar refractivity (Wildman–Crippen MR) is 83.3 cm³/mol.